The first-order valence-electron chi connectivity index (χ1n) is 8.06. The zero-order valence-electron chi connectivity index (χ0n) is 13.8. The van der Waals surface area contributed by atoms with Gasteiger partial charge < -0.3 is 35.0 Å². The zero-order valence-corrected chi connectivity index (χ0v) is 13.8. The van der Waals surface area contributed by atoms with Gasteiger partial charge in [0.15, 0.2) is 6.29 Å². The van der Waals surface area contributed by atoms with E-state index in [1.807, 2.05) is 0 Å². The highest BCUT2D eigenvalue weighted by Gasteiger charge is 2.48. The van der Waals surface area contributed by atoms with Gasteiger partial charge in [0, 0.05) is 0 Å². The van der Waals surface area contributed by atoms with E-state index >= 15 is 0 Å². The molecule has 1 heterocycles. The third kappa shape index (κ3) is 3.76. The van der Waals surface area contributed by atoms with Gasteiger partial charge >= 0.3 is 0 Å². The Morgan fingerprint density at radius 2 is 1.87 bits per heavy atom. The lowest BCUT2D eigenvalue weighted by Gasteiger charge is -2.45. The molecular weight excluding hydrogens is 304 g/mol. The normalized spacial score (nSPS) is 45.2. The molecule has 0 aromatic heterocycles. The van der Waals surface area contributed by atoms with Crippen LogP contribution in [0.25, 0.3) is 0 Å². The number of allylic oxidation sites excluding steroid dienone is 1. The largest absolute Gasteiger partial charge is 0.394 e. The molecule has 0 amide bonds. The van der Waals surface area contributed by atoms with Crippen LogP contribution < -0.4 is 0 Å². The Morgan fingerprint density at radius 3 is 2.39 bits per heavy atom. The first-order chi connectivity index (χ1) is 10.7. The minimum atomic E-state index is -1.49. The summed E-state index contributed by atoms with van der Waals surface area (Å²) in [6, 6.07) is 0. The maximum absolute atomic E-state index is 10.4. The van der Waals surface area contributed by atoms with E-state index in [0.29, 0.717) is 12.3 Å². The molecule has 0 radical (unpaired) electrons. The van der Waals surface area contributed by atoms with Gasteiger partial charge in [0.05, 0.1) is 12.2 Å². The highest BCUT2D eigenvalue weighted by atomic mass is 16.7. The van der Waals surface area contributed by atoms with Gasteiger partial charge in [-0.2, -0.15) is 0 Å². The van der Waals surface area contributed by atoms with Crippen LogP contribution in [0.1, 0.15) is 33.6 Å². The van der Waals surface area contributed by atoms with Gasteiger partial charge in [-0.05, 0) is 25.7 Å². The van der Waals surface area contributed by atoms with E-state index in [4.69, 9.17) is 9.47 Å². The number of aliphatic hydroxyl groups excluding tert-OH is 5. The van der Waals surface area contributed by atoms with Crippen LogP contribution >= 0.6 is 0 Å². The highest BCUT2D eigenvalue weighted by Crippen LogP contribution is 2.36. The van der Waals surface area contributed by atoms with Crippen molar-refractivity contribution in [3.63, 3.8) is 0 Å². The van der Waals surface area contributed by atoms with E-state index in [0.717, 1.165) is 12.0 Å². The Bertz CT molecular complexity index is 436. The highest BCUT2D eigenvalue weighted by molar-refractivity contribution is 5.17. The van der Waals surface area contributed by atoms with Gasteiger partial charge in [0.2, 0.25) is 0 Å². The number of hydrogen-bond donors (Lipinski definition) is 5. The van der Waals surface area contributed by atoms with Crippen molar-refractivity contribution in [3.8, 4) is 0 Å². The molecule has 1 saturated heterocycles. The van der Waals surface area contributed by atoms with Gasteiger partial charge in [-0.25, -0.2) is 0 Å². The molecule has 0 bridgehead atoms. The van der Waals surface area contributed by atoms with E-state index in [2.05, 4.69) is 13.8 Å². The lowest BCUT2D eigenvalue weighted by Crippen LogP contribution is -2.61. The third-order valence-electron chi connectivity index (χ3n) is 4.88. The first kappa shape index (κ1) is 18.8. The molecule has 1 aliphatic carbocycles. The standard InChI is InChI=1S/C16H28O7/c1-8(2)9-4-5-16(3,11(18)6-9)23-15-14(21)13(20)12(19)10(7-17)22-15/h6,8,10-15,17-21H,4-5,7H2,1-3H3/t10-,11?,12-,13+,14-,15+,16?/m1/s1. The van der Waals surface area contributed by atoms with Crippen molar-refractivity contribution < 1.29 is 35.0 Å². The van der Waals surface area contributed by atoms with Gasteiger partial charge in [-0.15, -0.1) is 0 Å². The monoisotopic (exact) mass is 332 g/mol. The fourth-order valence-corrected chi connectivity index (χ4v) is 3.04. The molecule has 2 rings (SSSR count). The van der Waals surface area contributed by atoms with E-state index in [1.54, 1.807) is 13.0 Å². The predicted octanol–water partition coefficient (Wildman–Crippen LogP) is -0.701. The smallest absolute Gasteiger partial charge is 0.187 e. The van der Waals surface area contributed by atoms with Crippen LogP contribution in [-0.2, 0) is 9.47 Å². The Kier molecular flexibility index (Phi) is 5.84. The van der Waals surface area contributed by atoms with Gasteiger partial charge in [-0.3, -0.25) is 0 Å². The second-order valence-corrected chi connectivity index (χ2v) is 6.97. The molecule has 0 aromatic carbocycles. The van der Waals surface area contributed by atoms with Crippen LogP contribution in [0.4, 0.5) is 0 Å². The SMILES string of the molecule is CC(C)C1=CC(O)C(C)(O[C@@H]2O[C@H](CO)[C@@H](O)[C@H](O)[C@H]2O)CC1. The van der Waals surface area contributed by atoms with Crippen molar-refractivity contribution >= 4 is 0 Å². The molecule has 0 spiro atoms. The Morgan fingerprint density at radius 1 is 1.22 bits per heavy atom. The summed E-state index contributed by atoms with van der Waals surface area (Å²) in [5.74, 6) is 0.335. The number of hydrogen-bond acceptors (Lipinski definition) is 7. The van der Waals surface area contributed by atoms with Crippen LogP contribution in [-0.4, -0.2) is 74.6 Å². The van der Waals surface area contributed by atoms with Gasteiger partial charge in [-0.1, -0.05) is 25.5 Å². The molecule has 7 atom stereocenters. The zero-order chi connectivity index (χ0) is 17.4. The summed E-state index contributed by atoms with van der Waals surface area (Å²) in [6.45, 7) is 5.31. The average Bonchev–Trinajstić information content (AvgIpc) is 2.50. The van der Waals surface area contributed by atoms with Gasteiger partial charge in [0.1, 0.15) is 30.5 Å². The predicted molar refractivity (Wildman–Crippen MR) is 81.4 cm³/mol. The summed E-state index contributed by atoms with van der Waals surface area (Å²) in [5, 5.41) is 49.3. The van der Waals surface area contributed by atoms with Crippen molar-refractivity contribution in [3.05, 3.63) is 11.6 Å². The molecule has 0 aromatic rings. The average molecular weight is 332 g/mol. The molecule has 1 aliphatic heterocycles. The van der Waals surface area contributed by atoms with Crippen molar-refractivity contribution in [2.45, 2.75) is 76.0 Å². The fourth-order valence-electron chi connectivity index (χ4n) is 3.04. The molecular formula is C16H28O7. The molecule has 7 heteroatoms. The minimum Gasteiger partial charge on any atom is -0.394 e. The van der Waals surface area contributed by atoms with Crippen molar-refractivity contribution in [1.82, 2.24) is 0 Å². The van der Waals surface area contributed by atoms with Crippen LogP contribution in [0.15, 0.2) is 11.6 Å². The molecule has 23 heavy (non-hydrogen) atoms. The van der Waals surface area contributed by atoms with E-state index in [-0.39, 0.29) is 0 Å². The van der Waals surface area contributed by atoms with Crippen LogP contribution in [0.3, 0.4) is 0 Å². The van der Waals surface area contributed by atoms with E-state index < -0.39 is 49.0 Å². The fraction of sp³-hybridized carbons (Fsp3) is 0.875. The van der Waals surface area contributed by atoms with Gasteiger partial charge in [0.25, 0.3) is 0 Å². The van der Waals surface area contributed by atoms with Crippen LogP contribution in [0.2, 0.25) is 0 Å². The lowest BCUT2D eigenvalue weighted by molar-refractivity contribution is -0.333. The van der Waals surface area contributed by atoms with Crippen molar-refractivity contribution in [1.29, 1.82) is 0 Å². The van der Waals surface area contributed by atoms with E-state index in [1.165, 1.54) is 0 Å². The molecule has 0 saturated carbocycles. The van der Waals surface area contributed by atoms with Crippen molar-refractivity contribution in [2.75, 3.05) is 6.61 Å². The second-order valence-electron chi connectivity index (χ2n) is 6.97. The topological polar surface area (TPSA) is 120 Å². The molecule has 5 N–H and O–H groups in total. The summed E-state index contributed by atoms with van der Waals surface area (Å²) < 4.78 is 11.1. The lowest BCUT2D eigenvalue weighted by atomic mass is 9.81. The molecule has 2 unspecified atom stereocenters. The molecule has 1 fully saturated rings. The summed E-state index contributed by atoms with van der Waals surface area (Å²) in [7, 11) is 0. The summed E-state index contributed by atoms with van der Waals surface area (Å²) >= 11 is 0. The van der Waals surface area contributed by atoms with E-state index in [9.17, 15) is 25.5 Å². The second kappa shape index (κ2) is 7.14. The Hall–Kier alpha value is -0.540. The maximum atomic E-state index is 10.4. The van der Waals surface area contributed by atoms with Crippen LogP contribution in [0.5, 0.6) is 0 Å². The van der Waals surface area contributed by atoms with Crippen LogP contribution in [0, 0.1) is 5.92 Å². The molecule has 2 aliphatic rings. The summed E-state index contributed by atoms with van der Waals surface area (Å²) in [5.41, 5.74) is 0.166. The number of rotatable bonds is 4. The number of aliphatic hydroxyl groups is 5. The minimum absolute atomic E-state index is 0.335. The summed E-state index contributed by atoms with van der Waals surface area (Å²) in [6.07, 6.45) is -4.46. The molecule has 7 nitrogen and oxygen atoms in total. The first-order valence-corrected chi connectivity index (χ1v) is 8.06. The summed E-state index contributed by atoms with van der Waals surface area (Å²) in [4.78, 5) is 0. The Balaban J connectivity index is 2.11. The number of ether oxygens (including phenoxy) is 2. The maximum Gasteiger partial charge on any atom is 0.187 e. The molecule has 134 valence electrons. The quantitative estimate of drug-likeness (QED) is 0.432. The Labute approximate surface area is 136 Å². The third-order valence-corrected chi connectivity index (χ3v) is 4.88. The van der Waals surface area contributed by atoms with Crippen molar-refractivity contribution in [2.24, 2.45) is 5.92 Å².